The van der Waals surface area contributed by atoms with Gasteiger partial charge < -0.3 is 18.0 Å². The molecular formula is CH2N2Ni. The summed E-state index contributed by atoms with van der Waals surface area (Å²) in [7, 11) is 0. The van der Waals surface area contributed by atoms with Gasteiger partial charge in [-0.15, -0.1) is 0 Å². The minimum absolute atomic E-state index is 0. The van der Waals surface area contributed by atoms with Crippen LogP contribution in [0, 0.1) is 11.8 Å². The van der Waals surface area contributed by atoms with Crippen LogP contribution in [-0.4, -0.2) is 0 Å². The molecule has 2 nitrogen and oxygen atoms in total. The van der Waals surface area contributed by atoms with E-state index in [0.29, 0.717) is 0 Å². The zero-order chi connectivity index (χ0) is 2.00. The fourth-order valence-electron chi connectivity index (χ4n) is 0. The van der Waals surface area contributed by atoms with Crippen LogP contribution in [-0.2, 0) is 16.5 Å². The van der Waals surface area contributed by atoms with E-state index in [0.717, 1.165) is 0 Å². The van der Waals surface area contributed by atoms with Crippen LogP contribution in [0.5, 0.6) is 0 Å². The van der Waals surface area contributed by atoms with Gasteiger partial charge in [-0.05, 0) is 0 Å². The molecule has 3 heteroatoms. The number of hydrogen-bond acceptors (Lipinski definition) is 1. The topological polar surface area (TPSA) is 57.3 Å². The van der Waals surface area contributed by atoms with Crippen molar-refractivity contribution in [1.82, 2.24) is 0 Å². The van der Waals surface area contributed by atoms with Crippen molar-refractivity contribution in [3.8, 4) is 0 Å². The van der Waals surface area contributed by atoms with E-state index < -0.39 is 0 Å². The van der Waals surface area contributed by atoms with Gasteiger partial charge in [-0.25, -0.2) is 0 Å². The van der Waals surface area contributed by atoms with Crippen LogP contribution in [0.15, 0.2) is 0 Å². The van der Waals surface area contributed by atoms with E-state index in [-0.39, 0.29) is 22.6 Å². The molecule has 26 valence electrons. The molecular weight excluding hydrogens is 98.7 g/mol. The molecule has 4 heavy (non-hydrogen) atoms. The van der Waals surface area contributed by atoms with Gasteiger partial charge in [0.25, 0.3) is 0 Å². The van der Waals surface area contributed by atoms with Crippen molar-refractivity contribution in [2.24, 2.45) is 0 Å². The van der Waals surface area contributed by atoms with Crippen LogP contribution in [0.25, 0.3) is 6.15 Å². The van der Waals surface area contributed by atoms with E-state index in [1.807, 2.05) is 0 Å². The van der Waals surface area contributed by atoms with Crippen LogP contribution in [0.1, 0.15) is 0 Å². The minimum atomic E-state index is 0. The SMILES string of the molecule is [C-]#N.[NH2-].[Ni+2]. The first-order valence-corrected chi connectivity index (χ1v) is 0.224. The zero-order valence-electron chi connectivity index (χ0n) is 1.84. The Balaban J connectivity index is -0.00000000500. The third-order valence-electron chi connectivity index (χ3n) is 0. The van der Waals surface area contributed by atoms with Gasteiger partial charge in [0, 0.05) is 0 Å². The summed E-state index contributed by atoms with van der Waals surface area (Å²) in [6.45, 7) is 4.75. The quantitative estimate of drug-likeness (QED) is 0.328. The minimum Gasteiger partial charge on any atom is -0.693 e. The maximum Gasteiger partial charge on any atom is 2.00 e. The van der Waals surface area contributed by atoms with Crippen molar-refractivity contribution in [3.63, 3.8) is 0 Å². The Kier molecular flexibility index (Phi) is 33400. The van der Waals surface area contributed by atoms with E-state index in [1.54, 1.807) is 0 Å². The molecule has 0 aliphatic rings. The Hall–Kier alpha value is -0.0565. The van der Waals surface area contributed by atoms with Gasteiger partial charge in [-0.3, -0.25) is 0 Å². The summed E-state index contributed by atoms with van der Waals surface area (Å²) in [4.78, 5) is 0. The standard InChI is InChI=1S/CN.H2N.Ni/c1-2;;/h;1H2;/q2*-1;+2. The van der Waals surface area contributed by atoms with Gasteiger partial charge in [0.2, 0.25) is 0 Å². The molecule has 0 radical (unpaired) electrons. The predicted molar refractivity (Wildman–Crippen MR) is 10.3 cm³/mol. The molecule has 0 aromatic heterocycles. The average Bonchev–Trinajstić information content (AvgIpc) is 1.00. The average molecular weight is 101 g/mol. The van der Waals surface area contributed by atoms with Crippen molar-refractivity contribution in [2.75, 3.05) is 0 Å². The fourth-order valence-corrected chi connectivity index (χ4v) is 0. The molecule has 0 saturated heterocycles. The normalized spacial score (nSPS) is 0.500. The first-order valence-electron chi connectivity index (χ1n) is 0.224. The van der Waals surface area contributed by atoms with E-state index in [4.69, 9.17) is 11.8 Å². The number of hydrogen-bond donors (Lipinski definition) is 0. The van der Waals surface area contributed by atoms with Crippen LogP contribution in [0.2, 0.25) is 0 Å². The van der Waals surface area contributed by atoms with Gasteiger partial charge in [-0.1, -0.05) is 0 Å². The van der Waals surface area contributed by atoms with Crippen molar-refractivity contribution in [3.05, 3.63) is 12.7 Å². The summed E-state index contributed by atoms with van der Waals surface area (Å²) in [5.41, 5.74) is 0. The van der Waals surface area contributed by atoms with Crippen LogP contribution in [0.4, 0.5) is 0 Å². The number of nitrogens with zero attached hydrogens (tertiary/aromatic N) is 1. The molecule has 0 aromatic rings. The molecule has 2 N–H and O–H groups in total. The van der Waals surface area contributed by atoms with E-state index >= 15 is 0 Å². The van der Waals surface area contributed by atoms with E-state index in [1.165, 1.54) is 0 Å². The molecule has 0 aliphatic carbocycles. The summed E-state index contributed by atoms with van der Waals surface area (Å²) in [5, 5.41) is 6.25. The van der Waals surface area contributed by atoms with Gasteiger partial charge in [0.1, 0.15) is 0 Å². The Morgan fingerprint density at radius 2 is 1.25 bits per heavy atom. The molecule has 0 spiro atoms. The monoisotopic (exact) mass is 100.0 g/mol. The summed E-state index contributed by atoms with van der Waals surface area (Å²) in [6.07, 6.45) is 0. The second-order valence-corrected chi connectivity index (χ2v) is 0. The van der Waals surface area contributed by atoms with Crippen LogP contribution in [0.3, 0.4) is 0 Å². The molecule has 0 heterocycles. The maximum absolute atomic E-state index is 6.25. The second-order valence-electron chi connectivity index (χ2n) is 0. The van der Waals surface area contributed by atoms with Crippen molar-refractivity contribution < 1.29 is 16.5 Å². The first-order chi connectivity index (χ1) is 1.00. The smallest absolute Gasteiger partial charge is 0.693 e. The van der Waals surface area contributed by atoms with Crippen molar-refractivity contribution >= 4 is 0 Å². The predicted octanol–water partition coefficient (Wildman–Crippen LogP) is 0.811. The molecule has 0 unspecified atom stereocenters. The van der Waals surface area contributed by atoms with Crippen LogP contribution < -0.4 is 0 Å². The summed E-state index contributed by atoms with van der Waals surface area (Å²) < 4.78 is 0. The van der Waals surface area contributed by atoms with E-state index in [9.17, 15) is 0 Å². The molecule has 0 amide bonds. The molecule has 0 saturated carbocycles. The number of rotatable bonds is 0. The Morgan fingerprint density at radius 1 is 1.25 bits per heavy atom. The summed E-state index contributed by atoms with van der Waals surface area (Å²) >= 11 is 0. The fraction of sp³-hybridized carbons (Fsp3) is 0. The van der Waals surface area contributed by atoms with E-state index in [2.05, 4.69) is 0 Å². The van der Waals surface area contributed by atoms with Gasteiger partial charge in [-0.2, -0.15) is 0 Å². The summed E-state index contributed by atoms with van der Waals surface area (Å²) in [6, 6.07) is 0. The Labute approximate surface area is 35.3 Å². The Bertz CT molecular complexity index is 10.8. The van der Waals surface area contributed by atoms with Crippen LogP contribution >= 0.6 is 0 Å². The van der Waals surface area contributed by atoms with Crippen molar-refractivity contribution in [1.29, 1.82) is 5.26 Å². The first kappa shape index (κ1) is 38.4. The largest absolute Gasteiger partial charge is 2.00 e. The summed E-state index contributed by atoms with van der Waals surface area (Å²) in [5.74, 6) is 0. The molecule has 0 aliphatic heterocycles. The maximum atomic E-state index is 6.25. The molecule has 0 bridgehead atoms. The number of nitrogens with two attached hydrogens (primary N) is 1. The van der Waals surface area contributed by atoms with Crippen molar-refractivity contribution in [2.45, 2.75) is 0 Å². The molecule has 0 rings (SSSR count). The van der Waals surface area contributed by atoms with Gasteiger partial charge in [0.05, 0.1) is 0 Å². The Morgan fingerprint density at radius 3 is 1.25 bits per heavy atom. The molecule has 0 atom stereocenters. The van der Waals surface area contributed by atoms with Gasteiger partial charge in [0.15, 0.2) is 0 Å². The van der Waals surface area contributed by atoms with Gasteiger partial charge >= 0.3 is 16.5 Å². The zero-order valence-corrected chi connectivity index (χ0v) is 2.83. The molecule has 0 aromatic carbocycles. The third kappa shape index (κ3) is 542. The second kappa shape index (κ2) is 3480. The third-order valence-corrected chi connectivity index (χ3v) is 0. The molecule has 0 fully saturated rings.